The molecule has 1 aliphatic rings. The van der Waals surface area contributed by atoms with E-state index in [-0.39, 0.29) is 55.1 Å². The second kappa shape index (κ2) is 15.6. The lowest BCUT2D eigenvalue weighted by molar-refractivity contribution is -0.149. The molecule has 1 fully saturated rings. The molecule has 200 valence electrons. The van der Waals surface area contributed by atoms with Crippen LogP contribution in [0.3, 0.4) is 0 Å². The summed E-state index contributed by atoms with van der Waals surface area (Å²) >= 11 is 0. The topological polar surface area (TPSA) is 72.5 Å². The Morgan fingerprint density at radius 3 is 2.34 bits per heavy atom. The molecule has 1 aromatic carbocycles. The summed E-state index contributed by atoms with van der Waals surface area (Å²) in [5, 5.41) is 0. The van der Waals surface area contributed by atoms with Gasteiger partial charge in [0.25, 0.3) is 0 Å². The number of hydrogen-bond donors (Lipinski definition) is 0. The van der Waals surface area contributed by atoms with Gasteiger partial charge in [-0.1, -0.05) is 32.9 Å². The van der Waals surface area contributed by atoms with Crippen LogP contribution in [0.4, 0.5) is 0 Å². The van der Waals surface area contributed by atoms with Gasteiger partial charge in [-0.3, -0.25) is 0 Å². The Labute approximate surface area is 211 Å². The van der Waals surface area contributed by atoms with E-state index in [9.17, 15) is 4.79 Å². The largest absolute Gasteiger partial charge is 0.497 e. The predicted molar refractivity (Wildman–Crippen MR) is 135 cm³/mol. The predicted octanol–water partition coefficient (Wildman–Crippen LogP) is 5.04. The third-order valence-electron chi connectivity index (χ3n) is 7.13. The first-order chi connectivity index (χ1) is 16.8. The number of hydrogen-bond acceptors (Lipinski definition) is 7. The molecule has 7 nitrogen and oxygen atoms in total. The van der Waals surface area contributed by atoms with Gasteiger partial charge < -0.3 is 33.2 Å². The zero-order valence-electron chi connectivity index (χ0n) is 22.6. The van der Waals surface area contributed by atoms with E-state index in [1.165, 1.54) is 0 Å². The van der Waals surface area contributed by atoms with Gasteiger partial charge in [-0.2, -0.15) is 0 Å². The average Bonchev–Trinajstić information content (AvgIpc) is 2.87. The summed E-state index contributed by atoms with van der Waals surface area (Å²) in [6, 6.07) is 7.78. The van der Waals surface area contributed by atoms with Crippen molar-refractivity contribution < 1.29 is 33.2 Å². The molecule has 0 spiro atoms. The standard InChI is InChI=1S/C28H46O7/c1-19(8-11-25-15-26(32-7)14-21(3)35-25)27(34-18-30-5)22(4)28(20(2)16-29)33-17-23-9-12-24(31-6)13-10-23/h9-10,12-13,16,19-22,25-28H,8,11,14-15,17-18H2,1-7H3/t19-,20+,21-,22-,25-,26+,27-,28-/m0/s1. The molecule has 1 aliphatic heterocycles. The number of ether oxygens (including phenoxy) is 6. The lowest BCUT2D eigenvalue weighted by Gasteiger charge is -2.37. The maximum atomic E-state index is 11.8. The van der Waals surface area contributed by atoms with Gasteiger partial charge in [-0.15, -0.1) is 0 Å². The quantitative estimate of drug-likeness (QED) is 0.235. The van der Waals surface area contributed by atoms with E-state index < -0.39 is 0 Å². The first kappa shape index (κ1) is 29.7. The van der Waals surface area contributed by atoms with Gasteiger partial charge in [-0.05, 0) is 56.2 Å². The van der Waals surface area contributed by atoms with Crippen LogP contribution < -0.4 is 4.74 Å². The van der Waals surface area contributed by atoms with Crippen molar-refractivity contribution in [1.82, 2.24) is 0 Å². The molecule has 0 amide bonds. The first-order valence-electron chi connectivity index (χ1n) is 12.8. The molecule has 1 saturated heterocycles. The van der Waals surface area contributed by atoms with Crippen molar-refractivity contribution in [3.8, 4) is 5.75 Å². The molecule has 8 atom stereocenters. The molecule has 7 heteroatoms. The summed E-state index contributed by atoms with van der Waals surface area (Å²) < 4.78 is 34.8. The van der Waals surface area contributed by atoms with E-state index in [4.69, 9.17) is 28.4 Å². The van der Waals surface area contributed by atoms with E-state index in [1.807, 2.05) is 31.2 Å². The van der Waals surface area contributed by atoms with Gasteiger partial charge in [0.05, 0.1) is 44.2 Å². The van der Waals surface area contributed by atoms with Crippen LogP contribution in [0.15, 0.2) is 24.3 Å². The van der Waals surface area contributed by atoms with Gasteiger partial charge in [0.15, 0.2) is 0 Å². The Hall–Kier alpha value is -1.51. The molecule has 1 aromatic rings. The smallest absolute Gasteiger partial charge is 0.146 e. The van der Waals surface area contributed by atoms with E-state index >= 15 is 0 Å². The Morgan fingerprint density at radius 1 is 1.03 bits per heavy atom. The molecule has 0 bridgehead atoms. The zero-order chi connectivity index (χ0) is 25.8. The van der Waals surface area contributed by atoms with Gasteiger partial charge in [0.1, 0.15) is 18.8 Å². The van der Waals surface area contributed by atoms with Gasteiger partial charge in [0.2, 0.25) is 0 Å². The highest BCUT2D eigenvalue weighted by atomic mass is 16.7. The van der Waals surface area contributed by atoms with Crippen molar-refractivity contribution in [2.24, 2.45) is 17.8 Å². The van der Waals surface area contributed by atoms with Crippen molar-refractivity contribution >= 4 is 6.29 Å². The maximum Gasteiger partial charge on any atom is 0.146 e. The second-order valence-electron chi connectivity index (χ2n) is 9.97. The van der Waals surface area contributed by atoms with Crippen molar-refractivity contribution in [2.45, 2.75) is 90.5 Å². The van der Waals surface area contributed by atoms with Crippen LogP contribution in [0.25, 0.3) is 0 Å². The number of carbonyl (C=O) groups is 1. The molecule has 0 aromatic heterocycles. The van der Waals surface area contributed by atoms with Crippen LogP contribution in [0.1, 0.15) is 58.9 Å². The molecule has 0 unspecified atom stereocenters. The van der Waals surface area contributed by atoms with Gasteiger partial charge in [0, 0.05) is 26.1 Å². The van der Waals surface area contributed by atoms with Crippen molar-refractivity contribution in [2.75, 3.05) is 28.1 Å². The third-order valence-corrected chi connectivity index (χ3v) is 7.13. The fourth-order valence-corrected chi connectivity index (χ4v) is 5.13. The van der Waals surface area contributed by atoms with Gasteiger partial charge >= 0.3 is 0 Å². The molecule has 0 radical (unpaired) electrons. The monoisotopic (exact) mass is 494 g/mol. The lowest BCUT2D eigenvalue weighted by atomic mass is 9.82. The summed E-state index contributed by atoms with van der Waals surface area (Å²) in [4.78, 5) is 11.8. The van der Waals surface area contributed by atoms with Crippen LogP contribution in [0.2, 0.25) is 0 Å². The molecular weight excluding hydrogens is 448 g/mol. The number of rotatable bonds is 16. The Bertz CT molecular complexity index is 710. The summed E-state index contributed by atoms with van der Waals surface area (Å²) in [6.45, 7) is 8.93. The molecule has 2 rings (SSSR count). The molecule has 0 aliphatic carbocycles. The number of carbonyl (C=O) groups excluding carboxylic acids is 1. The Balaban J connectivity index is 2.05. The summed E-state index contributed by atoms with van der Waals surface area (Å²) in [6.07, 6.45) is 4.92. The molecule has 1 heterocycles. The van der Waals surface area contributed by atoms with Crippen LogP contribution in [0.5, 0.6) is 5.75 Å². The molecule has 0 N–H and O–H groups in total. The van der Waals surface area contributed by atoms with Crippen LogP contribution in [-0.2, 0) is 35.1 Å². The van der Waals surface area contributed by atoms with Crippen LogP contribution in [-0.4, -0.2) is 64.9 Å². The highest BCUT2D eigenvalue weighted by Gasteiger charge is 2.35. The van der Waals surface area contributed by atoms with Crippen molar-refractivity contribution in [1.29, 1.82) is 0 Å². The van der Waals surface area contributed by atoms with E-state index in [0.29, 0.717) is 6.61 Å². The molecule has 0 saturated carbocycles. The van der Waals surface area contributed by atoms with Crippen LogP contribution >= 0.6 is 0 Å². The fraction of sp³-hybridized carbons (Fsp3) is 0.750. The summed E-state index contributed by atoms with van der Waals surface area (Å²) in [5.41, 5.74) is 1.03. The number of methoxy groups -OCH3 is 3. The van der Waals surface area contributed by atoms with Gasteiger partial charge in [-0.25, -0.2) is 0 Å². The second-order valence-corrected chi connectivity index (χ2v) is 9.97. The highest BCUT2D eigenvalue weighted by molar-refractivity contribution is 5.53. The van der Waals surface area contributed by atoms with E-state index in [2.05, 4.69) is 20.8 Å². The van der Waals surface area contributed by atoms with Crippen molar-refractivity contribution in [3.05, 3.63) is 29.8 Å². The zero-order valence-corrected chi connectivity index (χ0v) is 22.6. The Morgan fingerprint density at radius 2 is 1.74 bits per heavy atom. The SMILES string of the molecule is COCO[C@H]([C@H](C)[C@@H](OCc1ccc(OC)cc1)[C@H](C)C=O)[C@@H](C)CC[C@H]1C[C@H](OC)C[C@H](C)O1. The van der Waals surface area contributed by atoms with E-state index in [0.717, 1.165) is 43.3 Å². The minimum absolute atomic E-state index is 0.0171. The maximum absolute atomic E-state index is 11.8. The summed E-state index contributed by atoms with van der Waals surface area (Å²) in [7, 11) is 5.05. The number of aldehydes is 1. The normalized spacial score (nSPS) is 24.8. The molecule has 35 heavy (non-hydrogen) atoms. The third kappa shape index (κ3) is 9.47. The number of benzene rings is 1. The van der Waals surface area contributed by atoms with E-state index in [1.54, 1.807) is 21.3 Å². The van der Waals surface area contributed by atoms with Crippen LogP contribution in [0, 0.1) is 17.8 Å². The minimum atomic E-state index is -0.289. The minimum Gasteiger partial charge on any atom is -0.497 e. The lowest BCUT2D eigenvalue weighted by Crippen LogP contribution is -2.42. The first-order valence-corrected chi connectivity index (χ1v) is 12.8. The summed E-state index contributed by atoms with van der Waals surface area (Å²) in [5.74, 6) is 0.744. The average molecular weight is 495 g/mol. The molecular formula is C28H46O7. The fourth-order valence-electron chi connectivity index (χ4n) is 5.13. The highest BCUT2D eigenvalue weighted by Crippen LogP contribution is 2.31. The van der Waals surface area contributed by atoms with Crippen molar-refractivity contribution in [3.63, 3.8) is 0 Å². The Kier molecular flexibility index (Phi) is 13.2.